The van der Waals surface area contributed by atoms with E-state index in [1.165, 1.54) is 30.5 Å². The largest absolute Gasteiger partial charge is 0.505 e. The standard InChI is InChI=1S/C20H22FN5O3S/c1-26(2)12-11-23-30(28,29)16-6-4-15(5-7-16)24-20-22-10-9-18(25-20)14-3-8-19(27)17(21)13-14/h3-10,13,23,27H,11-12H2,1-2H3,(H,22,24,25). The van der Waals surface area contributed by atoms with Crippen molar-refractivity contribution in [1.82, 2.24) is 19.6 Å². The van der Waals surface area contributed by atoms with Crippen molar-refractivity contribution in [2.75, 3.05) is 32.5 Å². The number of hydrogen-bond donors (Lipinski definition) is 3. The van der Waals surface area contributed by atoms with E-state index in [9.17, 15) is 17.9 Å². The third kappa shape index (κ3) is 5.50. The number of phenols is 1. The molecule has 1 heterocycles. The number of nitrogens with one attached hydrogen (secondary N) is 2. The number of sulfonamides is 1. The molecule has 0 aliphatic carbocycles. The molecule has 3 N–H and O–H groups in total. The normalized spacial score (nSPS) is 11.6. The maximum absolute atomic E-state index is 13.6. The van der Waals surface area contributed by atoms with Crippen molar-refractivity contribution in [1.29, 1.82) is 0 Å². The Morgan fingerprint density at radius 3 is 2.50 bits per heavy atom. The quantitative estimate of drug-likeness (QED) is 0.503. The van der Waals surface area contributed by atoms with Gasteiger partial charge in [-0.1, -0.05) is 0 Å². The highest BCUT2D eigenvalue weighted by atomic mass is 32.2. The van der Waals surface area contributed by atoms with Gasteiger partial charge >= 0.3 is 0 Å². The first kappa shape index (κ1) is 21.6. The lowest BCUT2D eigenvalue weighted by molar-refractivity contribution is 0.412. The summed E-state index contributed by atoms with van der Waals surface area (Å²) in [6.45, 7) is 0.908. The van der Waals surface area contributed by atoms with E-state index in [0.29, 0.717) is 30.0 Å². The van der Waals surface area contributed by atoms with Crippen LogP contribution < -0.4 is 10.0 Å². The fraction of sp³-hybridized carbons (Fsp3) is 0.200. The van der Waals surface area contributed by atoms with E-state index in [1.54, 1.807) is 24.3 Å². The van der Waals surface area contributed by atoms with Gasteiger partial charge in [-0.3, -0.25) is 0 Å². The molecular formula is C20H22FN5O3S. The molecule has 0 amide bonds. The Morgan fingerprint density at radius 2 is 1.83 bits per heavy atom. The maximum atomic E-state index is 13.6. The van der Waals surface area contributed by atoms with Crippen LogP contribution in [0.5, 0.6) is 5.75 Å². The van der Waals surface area contributed by atoms with Crippen molar-refractivity contribution in [3.8, 4) is 17.0 Å². The molecule has 0 atom stereocenters. The molecule has 0 aliphatic rings. The Morgan fingerprint density at radius 1 is 1.10 bits per heavy atom. The molecule has 0 fully saturated rings. The second-order valence-corrected chi connectivity index (χ2v) is 8.55. The Bertz CT molecular complexity index is 1120. The van der Waals surface area contributed by atoms with Gasteiger partial charge in [0.2, 0.25) is 16.0 Å². The van der Waals surface area contributed by atoms with Crippen LogP contribution in [0.25, 0.3) is 11.3 Å². The van der Waals surface area contributed by atoms with E-state index < -0.39 is 21.6 Å². The number of hydrogen-bond acceptors (Lipinski definition) is 7. The molecule has 10 heteroatoms. The Hall–Kier alpha value is -3.08. The van der Waals surface area contributed by atoms with Crippen molar-refractivity contribution in [3.63, 3.8) is 0 Å². The van der Waals surface area contributed by atoms with Crippen molar-refractivity contribution in [2.45, 2.75) is 4.90 Å². The van der Waals surface area contributed by atoms with Crippen LogP contribution in [0.15, 0.2) is 59.6 Å². The summed E-state index contributed by atoms with van der Waals surface area (Å²) in [6, 6.07) is 11.8. The fourth-order valence-electron chi connectivity index (χ4n) is 2.58. The minimum absolute atomic E-state index is 0.154. The molecule has 30 heavy (non-hydrogen) atoms. The average molecular weight is 431 g/mol. The van der Waals surface area contributed by atoms with Gasteiger partial charge < -0.3 is 15.3 Å². The lowest BCUT2D eigenvalue weighted by Gasteiger charge is -2.11. The van der Waals surface area contributed by atoms with E-state index in [1.807, 2.05) is 19.0 Å². The number of halogens is 1. The van der Waals surface area contributed by atoms with Crippen molar-refractivity contribution >= 4 is 21.7 Å². The average Bonchev–Trinajstić information content (AvgIpc) is 2.70. The molecule has 0 unspecified atom stereocenters. The van der Waals surface area contributed by atoms with E-state index in [2.05, 4.69) is 20.0 Å². The van der Waals surface area contributed by atoms with Gasteiger partial charge in [-0.05, 0) is 62.6 Å². The second-order valence-electron chi connectivity index (χ2n) is 6.78. The van der Waals surface area contributed by atoms with Crippen LogP contribution in [0, 0.1) is 5.82 Å². The van der Waals surface area contributed by atoms with Gasteiger partial charge in [-0.2, -0.15) is 0 Å². The monoisotopic (exact) mass is 431 g/mol. The molecule has 1 aromatic heterocycles. The summed E-state index contributed by atoms with van der Waals surface area (Å²) in [4.78, 5) is 10.5. The van der Waals surface area contributed by atoms with Crippen LogP contribution in [0.3, 0.4) is 0 Å². The topological polar surface area (TPSA) is 107 Å². The number of aromatic nitrogens is 2. The molecule has 3 aromatic rings. The highest BCUT2D eigenvalue weighted by molar-refractivity contribution is 7.89. The Balaban J connectivity index is 1.72. The third-order valence-electron chi connectivity index (χ3n) is 4.17. The summed E-state index contributed by atoms with van der Waals surface area (Å²) in [5.41, 5.74) is 1.55. The predicted octanol–water partition coefficient (Wildman–Crippen LogP) is 2.57. The van der Waals surface area contributed by atoms with Crippen LogP contribution in [0.1, 0.15) is 0 Å². The highest BCUT2D eigenvalue weighted by Crippen LogP contribution is 2.24. The van der Waals surface area contributed by atoms with Gasteiger partial charge in [0.15, 0.2) is 11.6 Å². The smallest absolute Gasteiger partial charge is 0.240 e. The lowest BCUT2D eigenvalue weighted by Crippen LogP contribution is -2.31. The van der Waals surface area contributed by atoms with Gasteiger partial charge in [0, 0.05) is 30.5 Å². The predicted molar refractivity (Wildman–Crippen MR) is 113 cm³/mol. The molecule has 0 saturated heterocycles. The minimum atomic E-state index is -3.59. The number of likely N-dealkylation sites (N-methyl/N-ethyl adjacent to an activating group) is 1. The minimum Gasteiger partial charge on any atom is -0.505 e. The van der Waals surface area contributed by atoms with Gasteiger partial charge in [-0.25, -0.2) is 27.5 Å². The first-order chi connectivity index (χ1) is 14.2. The first-order valence-electron chi connectivity index (χ1n) is 9.08. The number of nitrogens with zero attached hydrogens (tertiary/aromatic N) is 3. The molecule has 0 saturated carbocycles. The Kier molecular flexibility index (Phi) is 6.60. The molecule has 8 nitrogen and oxygen atoms in total. The highest BCUT2D eigenvalue weighted by Gasteiger charge is 2.13. The number of rotatable bonds is 8. The van der Waals surface area contributed by atoms with Gasteiger partial charge in [0.05, 0.1) is 10.6 Å². The van der Waals surface area contributed by atoms with Gasteiger partial charge in [0.25, 0.3) is 0 Å². The summed E-state index contributed by atoms with van der Waals surface area (Å²) in [5.74, 6) is -0.908. The molecule has 158 valence electrons. The summed E-state index contributed by atoms with van der Waals surface area (Å²) in [6.07, 6.45) is 1.52. The summed E-state index contributed by atoms with van der Waals surface area (Å²) in [7, 11) is 0.143. The first-order valence-corrected chi connectivity index (χ1v) is 10.6. The molecule has 0 radical (unpaired) electrons. The van der Waals surface area contributed by atoms with Gasteiger partial charge in [0.1, 0.15) is 0 Å². The number of benzene rings is 2. The maximum Gasteiger partial charge on any atom is 0.240 e. The summed E-state index contributed by atoms with van der Waals surface area (Å²) in [5, 5.41) is 12.3. The molecule has 3 rings (SSSR count). The second kappa shape index (κ2) is 9.16. The van der Waals surface area contributed by atoms with E-state index in [0.717, 1.165) is 0 Å². The zero-order valence-corrected chi connectivity index (χ0v) is 17.3. The fourth-order valence-corrected chi connectivity index (χ4v) is 3.60. The van der Waals surface area contributed by atoms with Crippen LogP contribution >= 0.6 is 0 Å². The zero-order valence-electron chi connectivity index (χ0n) is 16.5. The molecule has 2 aromatic carbocycles. The Labute approximate surface area is 174 Å². The summed E-state index contributed by atoms with van der Waals surface area (Å²) < 4.78 is 40.8. The van der Waals surface area contributed by atoms with Crippen LogP contribution in [0.4, 0.5) is 16.0 Å². The number of anilines is 2. The lowest BCUT2D eigenvalue weighted by atomic mass is 10.1. The molecule has 0 bridgehead atoms. The number of phenolic OH excluding ortho intramolecular Hbond substituents is 1. The number of aromatic hydroxyl groups is 1. The molecule has 0 spiro atoms. The van der Waals surface area contributed by atoms with Crippen molar-refractivity contribution in [3.05, 3.63) is 60.5 Å². The SMILES string of the molecule is CN(C)CCNS(=O)(=O)c1ccc(Nc2nccc(-c3ccc(O)c(F)c3)n2)cc1. The third-order valence-corrected chi connectivity index (χ3v) is 5.65. The van der Waals surface area contributed by atoms with Crippen molar-refractivity contribution < 1.29 is 17.9 Å². The van der Waals surface area contributed by atoms with Crippen LogP contribution in [-0.2, 0) is 10.0 Å². The van der Waals surface area contributed by atoms with Crippen LogP contribution in [0.2, 0.25) is 0 Å². The molecular weight excluding hydrogens is 409 g/mol. The summed E-state index contributed by atoms with van der Waals surface area (Å²) >= 11 is 0. The van der Waals surface area contributed by atoms with E-state index >= 15 is 0 Å². The van der Waals surface area contributed by atoms with Crippen molar-refractivity contribution in [2.24, 2.45) is 0 Å². The van der Waals surface area contributed by atoms with E-state index in [4.69, 9.17) is 0 Å². The van der Waals surface area contributed by atoms with E-state index in [-0.39, 0.29) is 10.8 Å². The van der Waals surface area contributed by atoms with Crippen LogP contribution in [-0.4, -0.2) is 55.6 Å². The van der Waals surface area contributed by atoms with Gasteiger partial charge in [-0.15, -0.1) is 0 Å². The zero-order chi connectivity index (χ0) is 21.7. The molecule has 0 aliphatic heterocycles.